The Labute approximate surface area is 200 Å². The Bertz CT molecular complexity index is 921. The lowest BCUT2D eigenvalue weighted by atomic mass is 9.97. The van der Waals surface area contributed by atoms with E-state index in [1.54, 1.807) is 13.8 Å². The fourth-order valence-electron chi connectivity index (χ4n) is 3.01. The quantitative estimate of drug-likeness (QED) is 0.123. The topological polar surface area (TPSA) is 260 Å². The van der Waals surface area contributed by atoms with Gasteiger partial charge in [0.15, 0.2) is 0 Å². The summed E-state index contributed by atoms with van der Waals surface area (Å²) in [5, 5.41) is 25.5. The summed E-state index contributed by atoms with van der Waals surface area (Å²) in [6.07, 6.45) is 1.68. The summed E-state index contributed by atoms with van der Waals surface area (Å²) in [5.74, 6) is -6.91. The molecule has 4 amide bonds. The van der Waals surface area contributed by atoms with Gasteiger partial charge < -0.3 is 42.6 Å². The van der Waals surface area contributed by atoms with Crippen molar-refractivity contribution in [3.63, 3.8) is 0 Å². The molecule has 0 spiro atoms. The van der Waals surface area contributed by atoms with Crippen molar-refractivity contribution in [1.82, 2.24) is 25.9 Å². The number of amides is 4. The maximum Gasteiger partial charge on any atom is 0.326 e. The number of nitrogens with one attached hydrogen (secondary N) is 4. The smallest absolute Gasteiger partial charge is 0.326 e. The maximum absolute atomic E-state index is 12.9. The molecule has 10 N–H and O–H groups in total. The van der Waals surface area contributed by atoms with Gasteiger partial charge in [0.2, 0.25) is 23.6 Å². The standard InChI is InChI=1S/C20H31N7O8/c1-3-9(2)16(19(33)26-13(20(34)35)4-10-7-23-8-24-10)27-18(32)12(6-15(29)30)25-17(31)11(21)5-14(22)28/h7-9,11-13,16H,3-6,21H2,1-2H3,(H2,22,28)(H,23,24)(H,25,31)(H,26,33)(H,27,32)(H,29,30)(H,34,35). The van der Waals surface area contributed by atoms with E-state index in [9.17, 15) is 33.9 Å². The van der Waals surface area contributed by atoms with E-state index in [-0.39, 0.29) is 6.42 Å². The number of rotatable bonds is 15. The molecule has 15 heteroatoms. The average Bonchev–Trinajstić information content (AvgIpc) is 3.27. The van der Waals surface area contributed by atoms with Crippen molar-refractivity contribution in [3.8, 4) is 0 Å². The predicted molar refractivity (Wildman–Crippen MR) is 119 cm³/mol. The Morgan fingerprint density at radius 3 is 2.11 bits per heavy atom. The minimum atomic E-state index is -1.63. The monoisotopic (exact) mass is 497 g/mol. The van der Waals surface area contributed by atoms with Gasteiger partial charge >= 0.3 is 11.9 Å². The lowest BCUT2D eigenvalue weighted by molar-refractivity contribution is -0.143. The molecule has 0 saturated heterocycles. The van der Waals surface area contributed by atoms with Crippen LogP contribution >= 0.6 is 0 Å². The number of carboxylic acid groups (broad SMARTS) is 2. The fourth-order valence-corrected chi connectivity index (χ4v) is 3.01. The molecule has 0 saturated carbocycles. The third-order valence-electron chi connectivity index (χ3n) is 5.16. The molecular weight excluding hydrogens is 466 g/mol. The van der Waals surface area contributed by atoms with E-state index >= 15 is 0 Å². The summed E-state index contributed by atoms with van der Waals surface area (Å²) in [5.41, 5.74) is 11.0. The lowest BCUT2D eigenvalue weighted by Gasteiger charge is -2.27. The van der Waals surface area contributed by atoms with Crippen molar-refractivity contribution in [2.45, 2.75) is 63.7 Å². The van der Waals surface area contributed by atoms with Crippen molar-refractivity contribution >= 4 is 35.6 Å². The number of primary amides is 1. The van der Waals surface area contributed by atoms with E-state index in [4.69, 9.17) is 16.6 Å². The van der Waals surface area contributed by atoms with E-state index in [0.29, 0.717) is 12.1 Å². The van der Waals surface area contributed by atoms with Crippen LogP contribution in [0.3, 0.4) is 0 Å². The predicted octanol–water partition coefficient (Wildman–Crippen LogP) is -2.79. The zero-order valence-electron chi connectivity index (χ0n) is 19.3. The summed E-state index contributed by atoms with van der Waals surface area (Å²) in [7, 11) is 0. The van der Waals surface area contributed by atoms with Crippen LogP contribution in [0.2, 0.25) is 0 Å². The van der Waals surface area contributed by atoms with Gasteiger partial charge in [-0.05, 0) is 5.92 Å². The third kappa shape index (κ3) is 9.79. The van der Waals surface area contributed by atoms with Gasteiger partial charge in [0.25, 0.3) is 0 Å². The number of nitrogens with two attached hydrogens (primary N) is 2. The molecular formula is C20H31N7O8. The number of carbonyl (C=O) groups excluding carboxylic acids is 4. The Kier molecular flexibility index (Phi) is 11.3. The molecule has 5 atom stereocenters. The van der Waals surface area contributed by atoms with Crippen molar-refractivity contribution in [2.24, 2.45) is 17.4 Å². The second kappa shape index (κ2) is 13.6. The summed E-state index contributed by atoms with van der Waals surface area (Å²) in [6.45, 7) is 3.36. The van der Waals surface area contributed by atoms with Gasteiger partial charge in [0.05, 0.1) is 25.2 Å². The summed E-state index contributed by atoms with van der Waals surface area (Å²) in [6, 6.07) is -5.63. The van der Waals surface area contributed by atoms with Gasteiger partial charge in [-0.3, -0.25) is 24.0 Å². The van der Waals surface area contributed by atoms with Gasteiger partial charge in [-0.25, -0.2) is 9.78 Å². The van der Waals surface area contributed by atoms with E-state index in [1.165, 1.54) is 12.5 Å². The molecule has 35 heavy (non-hydrogen) atoms. The van der Waals surface area contributed by atoms with Crippen LogP contribution in [0.1, 0.15) is 38.8 Å². The van der Waals surface area contributed by atoms with Crippen molar-refractivity contribution in [3.05, 3.63) is 18.2 Å². The lowest BCUT2D eigenvalue weighted by Crippen LogP contribution is -2.59. The number of imidazole rings is 1. The van der Waals surface area contributed by atoms with E-state index in [0.717, 1.165) is 0 Å². The van der Waals surface area contributed by atoms with Crippen LogP contribution in [0.5, 0.6) is 0 Å². The molecule has 5 unspecified atom stereocenters. The number of H-pyrrole nitrogens is 1. The second-order valence-electron chi connectivity index (χ2n) is 7.99. The van der Waals surface area contributed by atoms with Gasteiger partial charge in [-0.1, -0.05) is 20.3 Å². The Morgan fingerprint density at radius 1 is 1.00 bits per heavy atom. The minimum absolute atomic E-state index is 0.0995. The molecule has 0 aliphatic heterocycles. The van der Waals surface area contributed by atoms with Crippen LogP contribution in [0.25, 0.3) is 0 Å². The van der Waals surface area contributed by atoms with Crippen molar-refractivity contribution in [2.75, 3.05) is 0 Å². The van der Waals surface area contributed by atoms with Gasteiger partial charge in [0.1, 0.15) is 18.1 Å². The Hall–Kier alpha value is -4.01. The van der Waals surface area contributed by atoms with Gasteiger partial charge in [-0.15, -0.1) is 0 Å². The van der Waals surface area contributed by atoms with Crippen LogP contribution in [0.15, 0.2) is 12.5 Å². The molecule has 0 bridgehead atoms. The maximum atomic E-state index is 12.9. The van der Waals surface area contributed by atoms with Crippen LogP contribution < -0.4 is 27.4 Å². The highest BCUT2D eigenvalue weighted by Crippen LogP contribution is 2.10. The van der Waals surface area contributed by atoms with E-state index < -0.39 is 78.5 Å². The second-order valence-corrected chi connectivity index (χ2v) is 7.99. The highest BCUT2D eigenvalue weighted by Gasteiger charge is 2.33. The van der Waals surface area contributed by atoms with E-state index in [1.807, 2.05) is 0 Å². The molecule has 194 valence electrons. The molecule has 0 aliphatic rings. The molecule has 1 aromatic rings. The largest absolute Gasteiger partial charge is 0.481 e. The Morgan fingerprint density at radius 2 is 1.63 bits per heavy atom. The summed E-state index contributed by atoms with van der Waals surface area (Å²) < 4.78 is 0. The van der Waals surface area contributed by atoms with Crippen LogP contribution in [0, 0.1) is 5.92 Å². The highest BCUT2D eigenvalue weighted by molar-refractivity contribution is 5.96. The molecule has 15 nitrogen and oxygen atoms in total. The summed E-state index contributed by atoms with van der Waals surface area (Å²) in [4.78, 5) is 78.3. The normalized spacial score (nSPS) is 15.1. The number of hydrogen-bond acceptors (Lipinski definition) is 8. The van der Waals surface area contributed by atoms with Gasteiger partial charge in [-0.2, -0.15) is 0 Å². The third-order valence-corrected chi connectivity index (χ3v) is 5.16. The molecule has 1 rings (SSSR count). The van der Waals surface area contributed by atoms with Crippen LogP contribution in [-0.2, 0) is 35.2 Å². The van der Waals surface area contributed by atoms with Crippen LogP contribution in [-0.4, -0.2) is 79.9 Å². The number of hydrogen-bond donors (Lipinski definition) is 8. The minimum Gasteiger partial charge on any atom is -0.481 e. The average molecular weight is 498 g/mol. The number of nitrogens with zero attached hydrogens (tertiary/aromatic N) is 1. The Balaban J connectivity index is 3.01. The fraction of sp³-hybridized carbons (Fsp3) is 0.550. The number of aromatic nitrogens is 2. The first-order valence-corrected chi connectivity index (χ1v) is 10.7. The number of aliphatic carboxylic acids is 2. The zero-order valence-corrected chi connectivity index (χ0v) is 19.3. The molecule has 0 aromatic carbocycles. The highest BCUT2D eigenvalue weighted by atomic mass is 16.4. The number of carboxylic acids is 2. The zero-order chi connectivity index (χ0) is 26.7. The molecule has 1 heterocycles. The number of carbonyl (C=O) groups is 6. The number of aromatic amines is 1. The van der Waals surface area contributed by atoms with E-state index in [2.05, 4.69) is 25.9 Å². The SMILES string of the molecule is CCC(C)C(NC(=O)C(CC(=O)O)NC(=O)C(N)CC(N)=O)C(=O)NC(Cc1cnc[nH]1)C(=O)O. The van der Waals surface area contributed by atoms with Gasteiger partial charge in [0, 0.05) is 18.3 Å². The van der Waals surface area contributed by atoms with Crippen LogP contribution in [0.4, 0.5) is 0 Å². The van der Waals surface area contributed by atoms with Crippen molar-refractivity contribution in [1.29, 1.82) is 0 Å². The molecule has 0 radical (unpaired) electrons. The van der Waals surface area contributed by atoms with Crippen molar-refractivity contribution < 1.29 is 39.0 Å². The molecule has 0 aliphatic carbocycles. The first-order chi connectivity index (χ1) is 16.3. The molecule has 0 fully saturated rings. The first-order valence-electron chi connectivity index (χ1n) is 10.7. The first kappa shape index (κ1) is 29.0. The molecule has 1 aromatic heterocycles. The summed E-state index contributed by atoms with van der Waals surface area (Å²) >= 11 is 0.